The highest BCUT2D eigenvalue weighted by molar-refractivity contribution is 7.14. The molecule has 0 saturated carbocycles. The molecular weight excluding hydrogens is 402 g/mol. The van der Waals surface area contributed by atoms with Gasteiger partial charge in [-0.3, -0.25) is 9.59 Å². The van der Waals surface area contributed by atoms with Crippen LogP contribution >= 0.6 is 34.3 Å². The third kappa shape index (κ3) is 5.15. The molecule has 1 aromatic carbocycles. The molecule has 0 radical (unpaired) electrons. The molecule has 2 N–H and O–H groups in total. The number of hydrogen-bond acceptors (Lipinski definition) is 5. The first-order valence-corrected chi connectivity index (χ1v) is 10.3. The van der Waals surface area contributed by atoms with Gasteiger partial charge in [0.25, 0.3) is 5.91 Å². The molecule has 2 heterocycles. The smallest absolute Gasteiger partial charge is 0.261 e. The van der Waals surface area contributed by atoms with Gasteiger partial charge in [-0.25, -0.2) is 4.98 Å². The fourth-order valence-corrected chi connectivity index (χ4v) is 4.34. The zero-order valence-corrected chi connectivity index (χ0v) is 17.2. The van der Waals surface area contributed by atoms with Gasteiger partial charge in [-0.05, 0) is 31.2 Å². The van der Waals surface area contributed by atoms with Crippen molar-refractivity contribution >= 4 is 46.1 Å². The second-order valence-electron chi connectivity index (χ2n) is 5.88. The number of thiophene rings is 1. The van der Waals surface area contributed by atoms with Crippen molar-refractivity contribution in [3.63, 3.8) is 0 Å². The van der Waals surface area contributed by atoms with E-state index in [0.717, 1.165) is 26.0 Å². The number of rotatable bonds is 6. The lowest BCUT2D eigenvalue weighted by Crippen LogP contribution is -2.21. The van der Waals surface area contributed by atoms with E-state index in [9.17, 15) is 9.59 Å². The molecule has 3 rings (SSSR count). The maximum absolute atomic E-state index is 12.3. The van der Waals surface area contributed by atoms with Gasteiger partial charge in [0.05, 0.1) is 23.7 Å². The zero-order chi connectivity index (χ0) is 19.4. The first-order valence-electron chi connectivity index (χ1n) is 8.26. The highest BCUT2D eigenvalue weighted by atomic mass is 35.5. The van der Waals surface area contributed by atoms with Gasteiger partial charge in [-0.1, -0.05) is 23.7 Å². The number of benzene rings is 1. The maximum Gasteiger partial charge on any atom is 0.261 e. The molecule has 27 heavy (non-hydrogen) atoms. The fourth-order valence-electron chi connectivity index (χ4n) is 2.45. The summed E-state index contributed by atoms with van der Waals surface area (Å²) >= 11 is 8.87. The molecule has 0 spiro atoms. The van der Waals surface area contributed by atoms with Gasteiger partial charge in [-0.15, -0.1) is 22.7 Å². The quantitative estimate of drug-likeness (QED) is 0.622. The van der Waals surface area contributed by atoms with Crippen LogP contribution < -0.4 is 10.6 Å². The van der Waals surface area contributed by atoms with Gasteiger partial charge in [-0.2, -0.15) is 0 Å². The Morgan fingerprint density at radius 3 is 2.48 bits per heavy atom. The Kier molecular flexibility index (Phi) is 6.26. The van der Waals surface area contributed by atoms with Gasteiger partial charge >= 0.3 is 0 Å². The largest absolute Gasteiger partial charge is 0.351 e. The molecule has 3 aromatic rings. The van der Waals surface area contributed by atoms with Crippen LogP contribution in [0, 0.1) is 6.92 Å². The lowest BCUT2D eigenvalue weighted by molar-refractivity contribution is -0.119. The van der Waals surface area contributed by atoms with E-state index in [4.69, 9.17) is 11.6 Å². The number of nitrogens with zero attached hydrogens (tertiary/aromatic N) is 1. The third-order valence-corrected chi connectivity index (χ3v) is 6.06. The van der Waals surface area contributed by atoms with Crippen LogP contribution in [0.3, 0.4) is 0 Å². The molecule has 8 heteroatoms. The minimum Gasteiger partial charge on any atom is -0.351 e. The maximum atomic E-state index is 12.3. The lowest BCUT2D eigenvalue weighted by atomic mass is 10.1. The van der Waals surface area contributed by atoms with Crippen molar-refractivity contribution < 1.29 is 9.59 Å². The summed E-state index contributed by atoms with van der Waals surface area (Å²) in [5.74, 6) is -0.236. The van der Waals surface area contributed by atoms with Crippen molar-refractivity contribution in [2.75, 3.05) is 0 Å². The van der Waals surface area contributed by atoms with Gasteiger partial charge in [0, 0.05) is 27.3 Å². The molecule has 0 bridgehead atoms. The van der Waals surface area contributed by atoms with Crippen LogP contribution in [0.5, 0.6) is 0 Å². The summed E-state index contributed by atoms with van der Waals surface area (Å²) in [6.45, 7) is 4.29. The van der Waals surface area contributed by atoms with Crippen LogP contribution in [0.1, 0.15) is 31.4 Å². The van der Waals surface area contributed by atoms with Gasteiger partial charge in [0.15, 0.2) is 0 Å². The topological polar surface area (TPSA) is 71.1 Å². The van der Waals surface area contributed by atoms with Crippen molar-refractivity contribution in [1.82, 2.24) is 15.6 Å². The molecule has 0 aliphatic heterocycles. The van der Waals surface area contributed by atoms with E-state index in [-0.39, 0.29) is 11.8 Å². The summed E-state index contributed by atoms with van der Waals surface area (Å²) in [6, 6.07) is 11.2. The normalized spacial score (nSPS) is 10.6. The van der Waals surface area contributed by atoms with Crippen molar-refractivity contribution in [2.24, 2.45) is 0 Å². The fraction of sp³-hybridized carbons (Fsp3) is 0.211. The van der Waals surface area contributed by atoms with Gasteiger partial charge in [0.2, 0.25) is 5.91 Å². The minimum atomic E-state index is -0.144. The summed E-state index contributed by atoms with van der Waals surface area (Å²) < 4.78 is 0. The Morgan fingerprint density at radius 1 is 1.04 bits per heavy atom. The van der Waals surface area contributed by atoms with Crippen molar-refractivity contribution in [1.29, 1.82) is 0 Å². The molecule has 0 aliphatic rings. The molecule has 5 nitrogen and oxygen atoms in total. The summed E-state index contributed by atoms with van der Waals surface area (Å²) in [5.41, 5.74) is 1.92. The van der Waals surface area contributed by atoms with Crippen molar-refractivity contribution in [3.05, 3.63) is 61.1 Å². The predicted octanol–water partition coefficient (Wildman–Crippen LogP) is 4.40. The van der Waals surface area contributed by atoms with E-state index in [1.165, 1.54) is 18.3 Å². The van der Waals surface area contributed by atoms with Crippen molar-refractivity contribution in [2.45, 2.75) is 26.9 Å². The number of hydrogen-bond donors (Lipinski definition) is 2. The molecule has 0 saturated heterocycles. The van der Waals surface area contributed by atoms with Gasteiger partial charge < -0.3 is 10.6 Å². The Bertz CT molecular complexity index is 964. The van der Waals surface area contributed by atoms with Gasteiger partial charge in [0.1, 0.15) is 5.01 Å². The SMILES string of the molecule is CC(=O)NCc1ccc(C(=O)NCc2nc(-c3ccc(Cl)cc3)c(C)s2)s1. The van der Waals surface area contributed by atoms with Crippen LogP contribution in [0.2, 0.25) is 5.02 Å². The Hall–Kier alpha value is -2.22. The molecule has 140 valence electrons. The number of carbonyl (C=O) groups excluding carboxylic acids is 2. The van der Waals surface area contributed by atoms with E-state index in [1.54, 1.807) is 17.4 Å². The zero-order valence-electron chi connectivity index (χ0n) is 14.8. The van der Waals surface area contributed by atoms with Crippen LogP contribution in [-0.4, -0.2) is 16.8 Å². The number of aryl methyl sites for hydroxylation is 1. The van der Waals surface area contributed by atoms with E-state index < -0.39 is 0 Å². The predicted molar refractivity (Wildman–Crippen MR) is 110 cm³/mol. The molecule has 0 atom stereocenters. The second-order valence-corrected chi connectivity index (χ2v) is 8.77. The van der Waals surface area contributed by atoms with E-state index in [2.05, 4.69) is 15.6 Å². The average Bonchev–Trinajstić information content (AvgIpc) is 3.25. The molecular formula is C19H18ClN3O2S2. The van der Waals surface area contributed by atoms with Crippen LogP contribution in [0.15, 0.2) is 36.4 Å². The minimum absolute atomic E-state index is 0.0926. The number of thiazole rings is 1. The molecule has 2 amide bonds. The Balaban J connectivity index is 1.61. The summed E-state index contributed by atoms with van der Waals surface area (Å²) in [6.07, 6.45) is 0. The number of carbonyl (C=O) groups is 2. The van der Waals surface area contributed by atoms with Crippen LogP contribution in [-0.2, 0) is 17.9 Å². The van der Waals surface area contributed by atoms with Crippen LogP contribution in [0.4, 0.5) is 0 Å². The third-order valence-electron chi connectivity index (χ3n) is 3.76. The first-order chi connectivity index (χ1) is 12.9. The van der Waals surface area contributed by atoms with E-state index in [1.807, 2.05) is 37.3 Å². The van der Waals surface area contributed by atoms with E-state index in [0.29, 0.717) is 23.0 Å². The monoisotopic (exact) mass is 419 g/mol. The molecule has 2 aromatic heterocycles. The number of amides is 2. The second kappa shape index (κ2) is 8.65. The lowest BCUT2D eigenvalue weighted by Gasteiger charge is -2.01. The Labute approximate surface area is 170 Å². The average molecular weight is 420 g/mol. The highest BCUT2D eigenvalue weighted by Crippen LogP contribution is 2.28. The number of halogens is 1. The molecule has 0 unspecified atom stereocenters. The molecule has 0 aliphatic carbocycles. The highest BCUT2D eigenvalue weighted by Gasteiger charge is 2.13. The summed E-state index contributed by atoms with van der Waals surface area (Å²) in [4.78, 5) is 30.6. The number of aromatic nitrogens is 1. The number of nitrogens with one attached hydrogen (secondary N) is 2. The van der Waals surface area contributed by atoms with Crippen molar-refractivity contribution in [3.8, 4) is 11.3 Å². The Morgan fingerprint density at radius 2 is 1.78 bits per heavy atom. The summed E-state index contributed by atoms with van der Waals surface area (Å²) in [5, 5.41) is 7.16. The first kappa shape index (κ1) is 19.5. The van der Waals surface area contributed by atoms with E-state index >= 15 is 0 Å². The standard InChI is InChI=1S/C19H18ClN3O2S2/c1-11-18(13-3-5-14(20)6-4-13)23-17(26-11)10-22-19(25)16-8-7-15(27-16)9-21-12(2)24/h3-8H,9-10H2,1-2H3,(H,21,24)(H,22,25). The summed E-state index contributed by atoms with van der Waals surface area (Å²) in [7, 11) is 0. The van der Waals surface area contributed by atoms with Crippen LogP contribution in [0.25, 0.3) is 11.3 Å². The molecule has 0 fully saturated rings.